The van der Waals surface area contributed by atoms with Crippen molar-refractivity contribution < 1.29 is 47.8 Å². The summed E-state index contributed by atoms with van der Waals surface area (Å²) in [7, 11) is -4.63. The molecule has 0 aliphatic rings. The molecule has 322 valence electrons. The van der Waals surface area contributed by atoms with Gasteiger partial charge in [0, 0.05) is 12.8 Å². The molecule has 0 aromatic heterocycles. The molecule has 0 rings (SSSR count). The average molecular weight is 801 g/mol. The van der Waals surface area contributed by atoms with E-state index in [0.29, 0.717) is 19.3 Å². The van der Waals surface area contributed by atoms with Crippen molar-refractivity contribution in [2.24, 2.45) is 0 Å². The summed E-state index contributed by atoms with van der Waals surface area (Å²) in [5.74, 6) is -0.980. The number of allylic oxidation sites excluding steroid dienone is 6. The molecule has 0 spiro atoms. The molecule has 0 fully saturated rings. The van der Waals surface area contributed by atoms with Crippen LogP contribution in [0, 0.1) is 0 Å². The Kier molecular flexibility index (Phi) is 39.1. The van der Waals surface area contributed by atoms with Gasteiger partial charge in [-0.15, -0.1) is 0 Å². The highest BCUT2D eigenvalue weighted by atomic mass is 31.2. The van der Waals surface area contributed by atoms with Crippen LogP contribution in [0.4, 0.5) is 0 Å². The zero-order valence-corrected chi connectivity index (χ0v) is 35.8. The van der Waals surface area contributed by atoms with Crippen molar-refractivity contribution in [3.8, 4) is 0 Å². The maximum absolute atomic E-state index is 12.6. The van der Waals surface area contributed by atoms with Crippen LogP contribution >= 0.6 is 7.82 Å². The van der Waals surface area contributed by atoms with Crippen molar-refractivity contribution in [2.75, 3.05) is 26.4 Å². The number of aliphatic hydroxyl groups is 2. The van der Waals surface area contributed by atoms with Gasteiger partial charge in [-0.1, -0.05) is 153 Å². The van der Waals surface area contributed by atoms with Crippen molar-refractivity contribution in [1.29, 1.82) is 0 Å². The summed E-state index contributed by atoms with van der Waals surface area (Å²) >= 11 is 0. The highest BCUT2D eigenvalue weighted by Crippen LogP contribution is 2.43. The van der Waals surface area contributed by atoms with Crippen molar-refractivity contribution in [3.63, 3.8) is 0 Å². The monoisotopic (exact) mass is 801 g/mol. The van der Waals surface area contributed by atoms with E-state index in [4.69, 9.17) is 19.1 Å². The Balaban J connectivity index is 4.36. The molecule has 0 radical (unpaired) electrons. The quantitative estimate of drug-likeness (QED) is 0.0236. The molecular weight excluding hydrogens is 719 g/mol. The van der Waals surface area contributed by atoms with Gasteiger partial charge in [-0.25, -0.2) is 4.57 Å². The van der Waals surface area contributed by atoms with Crippen molar-refractivity contribution >= 4 is 19.8 Å². The molecule has 0 aromatic rings. The van der Waals surface area contributed by atoms with Crippen molar-refractivity contribution in [3.05, 3.63) is 36.5 Å². The summed E-state index contributed by atoms with van der Waals surface area (Å²) in [6.45, 7) is 2.32. The highest BCUT2D eigenvalue weighted by Gasteiger charge is 2.27. The van der Waals surface area contributed by atoms with Crippen LogP contribution in [0.25, 0.3) is 0 Å². The Hall–Kier alpha value is -1.81. The van der Waals surface area contributed by atoms with Crippen LogP contribution in [0.1, 0.15) is 194 Å². The smallest absolute Gasteiger partial charge is 0.462 e. The minimum atomic E-state index is -4.63. The molecule has 0 saturated carbocycles. The van der Waals surface area contributed by atoms with E-state index in [1.165, 1.54) is 109 Å². The predicted octanol–water partition coefficient (Wildman–Crippen LogP) is 11.6. The molecule has 3 N–H and O–H groups in total. The predicted molar refractivity (Wildman–Crippen MR) is 224 cm³/mol. The van der Waals surface area contributed by atoms with E-state index in [-0.39, 0.29) is 19.4 Å². The molecule has 11 heteroatoms. The summed E-state index contributed by atoms with van der Waals surface area (Å²) in [4.78, 5) is 34.9. The van der Waals surface area contributed by atoms with Crippen LogP contribution in [0.3, 0.4) is 0 Å². The lowest BCUT2D eigenvalue weighted by Crippen LogP contribution is -2.29. The molecule has 0 heterocycles. The summed E-state index contributed by atoms with van der Waals surface area (Å²) < 4.78 is 32.7. The Morgan fingerprint density at radius 2 is 0.964 bits per heavy atom. The minimum absolute atomic E-state index is 0.120. The second kappa shape index (κ2) is 40.4. The third kappa shape index (κ3) is 40.2. The fourth-order valence-corrected chi connectivity index (χ4v) is 6.64. The SMILES string of the molecule is CCCCCC/C=C/CCCCCCCCCC(=O)OC[C@H](COP(=O)(O)OC[C@@H](O)CO)OC(=O)CCC/C=C/C/C=C/CCCCCCCCCCC. The van der Waals surface area contributed by atoms with Crippen LogP contribution in [0.5, 0.6) is 0 Å². The van der Waals surface area contributed by atoms with Gasteiger partial charge in [-0.05, 0) is 64.2 Å². The number of aliphatic hydroxyl groups excluding tert-OH is 2. The van der Waals surface area contributed by atoms with E-state index in [0.717, 1.165) is 38.5 Å². The fraction of sp³-hybridized carbons (Fsp3) is 0.818. The molecule has 10 nitrogen and oxygen atoms in total. The Labute approximate surface area is 335 Å². The third-order valence-electron chi connectivity index (χ3n) is 9.27. The number of rotatable bonds is 41. The highest BCUT2D eigenvalue weighted by molar-refractivity contribution is 7.47. The first-order chi connectivity index (χ1) is 26.7. The standard InChI is InChI=1S/C44H81O10P/c1-3-5-7-9-11-13-15-17-19-20-22-24-26-28-30-32-34-36-44(48)54-42(40-53-55(49,50)52-38-41(46)37-45)39-51-43(47)35-33-31-29-27-25-23-21-18-16-14-12-10-8-6-4-2/h14,16,22,24,28,30,41-42,45-46H,3-13,15,17-21,23,25-27,29,31-40H2,1-2H3,(H,49,50)/b16-14+,24-22+,30-28+/t41-,42+/m0/s1. The lowest BCUT2D eigenvalue weighted by molar-refractivity contribution is -0.161. The van der Waals surface area contributed by atoms with Gasteiger partial charge >= 0.3 is 19.8 Å². The first-order valence-corrected chi connectivity index (χ1v) is 23.4. The van der Waals surface area contributed by atoms with Gasteiger partial charge in [-0.3, -0.25) is 18.6 Å². The van der Waals surface area contributed by atoms with Crippen LogP contribution in [0.2, 0.25) is 0 Å². The van der Waals surface area contributed by atoms with Gasteiger partial charge in [0.05, 0.1) is 19.8 Å². The maximum Gasteiger partial charge on any atom is 0.472 e. The molecule has 0 aliphatic carbocycles. The lowest BCUT2D eigenvalue weighted by atomic mass is 10.1. The fourth-order valence-electron chi connectivity index (χ4n) is 5.85. The molecule has 0 aliphatic heterocycles. The van der Waals surface area contributed by atoms with Gasteiger partial charge in [0.15, 0.2) is 6.10 Å². The van der Waals surface area contributed by atoms with E-state index in [1.807, 2.05) is 6.08 Å². The van der Waals surface area contributed by atoms with Gasteiger partial charge in [-0.2, -0.15) is 0 Å². The minimum Gasteiger partial charge on any atom is -0.462 e. The number of esters is 2. The number of hydrogen-bond donors (Lipinski definition) is 3. The van der Waals surface area contributed by atoms with Crippen LogP contribution in [-0.2, 0) is 32.7 Å². The zero-order chi connectivity index (χ0) is 40.5. The van der Waals surface area contributed by atoms with Gasteiger partial charge < -0.3 is 24.6 Å². The molecule has 3 atom stereocenters. The number of carbonyl (C=O) groups excluding carboxylic acids is 2. The molecule has 0 amide bonds. The Morgan fingerprint density at radius 1 is 0.545 bits per heavy atom. The largest absolute Gasteiger partial charge is 0.472 e. The summed E-state index contributed by atoms with van der Waals surface area (Å²) in [5.41, 5.74) is 0. The summed E-state index contributed by atoms with van der Waals surface area (Å²) in [5, 5.41) is 18.3. The molecular formula is C44H81O10P. The van der Waals surface area contributed by atoms with E-state index < -0.39 is 51.8 Å². The number of phosphoric ester groups is 1. The van der Waals surface area contributed by atoms with Crippen LogP contribution in [-0.4, -0.2) is 65.7 Å². The Bertz CT molecular complexity index is 1010. The molecule has 0 bridgehead atoms. The first-order valence-electron chi connectivity index (χ1n) is 21.9. The number of hydrogen-bond acceptors (Lipinski definition) is 9. The van der Waals surface area contributed by atoms with E-state index >= 15 is 0 Å². The Morgan fingerprint density at radius 3 is 1.49 bits per heavy atom. The van der Waals surface area contributed by atoms with Crippen LogP contribution < -0.4 is 0 Å². The topological polar surface area (TPSA) is 149 Å². The van der Waals surface area contributed by atoms with Gasteiger partial charge in [0.2, 0.25) is 0 Å². The second-order valence-electron chi connectivity index (χ2n) is 14.7. The van der Waals surface area contributed by atoms with E-state index in [1.54, 1.807) is 0 Å². The van der Waals surface area contributed by atoms with Crippen LogP contribution in [0.15, 0.2) is 36.5 Å². The summed E-state index contributed by atoms with van der Waals surface area (Å²) in [6, 6.07) is 0. The number of phosphoric acid groups is 1. The average Bonchev–Trinajstić information content (AvgIpc) is 3.17. The molecule has 0 aromatic carbocycles. The van der Waals surface area contributed by atoms with Crippen molar-refractivity contribution in [1.82, 2.24) is 0 Å². The van der Waals surface area contributed by atoms with Gasteiger partial charge in [0.1, 0.15) is 12.7 Å². The number of ether oxygens (including phenoxy) is 2. The molecule has 55 heavy (non-hydrogen) atoms. The second-order valence-corrected chi connectivity index (χ2v) is 16.2. The molecule has 1 unspecified atom stereocenters. The van der Waals surface area contributed by atoms with E-state index in [2.05, 4.69) is 48.8 Å². The van der Waals surface area contributed by atoms with Crippen molar-refractivity contribution in [2.45, 2.75) is 206 Å². The maximum atomic E-state index is 12.6. The molecule has 0 saturated heterocycles. The zero-order valence-electron chi connectivity index (χ0n) is 34.9. The summed E-state index contributed by atoms with van der Waals surface area (Å²) in [6.07, 6.45) is 41.2. The van der Waals surface area contributed by atoms with Gasteiger partial charge in [0.25, 0.3) is 0 Å². The normalized spacial score (nSPS) is 14.2. The number of carbonyl (C=O) groups is 2. The van der Waals surface area contributed by atoms with E-state index in [9.17, 15) is 24.2 Å². The first kappa shape index (κ1) is 53.2. The number of unbranched alkanes of at least 4 members (excludes halogenated alkanes) is 21. The third-order valence-corrected chi connectivity index (χ3v) is 10.2. The lowest BCUT2D eigenvalue weighted by Gasteiger charge is -2.20.